The highest BCUT2D eigenvalue weighted by molar-refractivity contribution is 9.09. The van der Waals surface area contributed by atoms with Crippen LogP contribution < -0.4 is 0 Å². The Labute approximate surface area is 118 Å². The van der Waals surface area contributed by atoms with Crippen LogP contribution in [0.3, 0.4) is 0 Å². The van der Waals surface area contributed by atoms with Crippen molar-refractivity contribution in [3.05, 3.63) is 60.0 Å². The van der Waals surface area contributed by atoms with Gasteiger partial charge in [-0.2, -0.15) is 0 Å². The summed E-state index contributed by atoms with van der Waals surface area (Å²) in [5, 5.41) is -3.08. The fourth-order valence-electron chi connectivity index (χ4n) is 1.81. The number of rotatable bonds is 2. The second-order valence-corrected chi connectivity index (χ2v) is 7.83. The predicted molar refractivity (Wildman–Crippen MR) is 74.1 cm³/mol. The summed E-state index contributed by atoms with van der Waals surface area (Å²) >= 11 is 3.30. The number of halogens is 3. The van der Waals surface area contributed by atoms with E-state index in [9.17, 15) is 17.2 Å². The largest absolute Gasteiger partial charge is 0.279 e. The first-order valence-electron chi connectivity index (χ1n) is 5.41. The molecule has 6 heteroatoms. The first kappa shape index (κ1) is 14.4. The Kier molecular flexibility index (Phi) is 3.43. The van der Waals surface area contributed by atoms with E-state index in [1.54, 1.807) is 30.3 Å². The quantitative estimate of drug-likeness (QED) is 0.606. The third-order valence-electron chi connectivity index (χ3n) is 2.96. The Hall–Kier alpha value is -1.01. The van der Waals surface area contributed by atoms with Gasteiger partial charge in [-0.3, -0.25) is 0 Å². The first-order chi connectivity index (χ1) is 8.69. The molecular weight excluding hydrogens is 338 g/mol. The standard InChI is InChI=1S/C13H11BrF2O2S/c1-19(17,18)13(16)8-7-12(14,9-11(13)15)10-5-3-2-4-6-10/h2-9H,1H3. The lowest BCUT2D eigenvalue weighted by Crippen LogP contribution is -2.35. The molecule has 0 radical (unpaired) electrons. The molecule has 2 rings (SSSR count). The third kappa shape index (κ3) is 2.39. The van der Waals surface area contributed by atoms with E-state index in [2.05, 4.69) is 15.9 Å². The molecule has 1 aromatic carbocycles. The van der Waals surface area contributed by atoms with Crippen molar-refractivity contribution < 1.29 is 17.2 Å². The van der Waals surface area contributed by atoms with E-state index in [0.717, 1.165) is 12.2 Å². The molecule has 1 aliphatic rings. The van der Waals surface area contributed by atoms with E-state index in [4.69, 9.17) is 0 Å². The lowest BCUT2D eigenvalue weighted by molar-refractivity contribution is 0.317. The molecule has 1 aromatic rings. The summed E-state index contributed by atoms with van der Waals surface area (Å²) in [7, 11) is -4.22. The summed E-state index contributed by atoms with van der Waals surface area (Å²) in [5.41, 5.74) is 0.678. The topological polar surface area (TPSA) is 34.1 Å². The molecule has 0 saturated heterocycles. The minimum atomic E-state index is -4.22. The summed E-state index contributed by atoms with van der Waals surface area (Å²) in [6.45, 7) is 0. The maximum absolute atomic E-state index is 14.2. The van der Waals surface area contributed by atoms with Crippen molar-refractivity contribution in [1.29, 1.82) is 0 Å². The van der Waals surface area contributed by atoms with E-state index in [-0.39, 0.29) is 0 Å². The van der Waals surface area contributed by atoms with Gasteiger partial charge in [0.15, 0.2) is 15.7 Å². The molecule has 1 aliphatic carbocycles. The van der Waals surface area contributed by atoms with Crippen LogP contribution in [-0.2, 0) is 14.2 Å². The van der Waals surface area contributed by atoms with Gasteiger partial charge in [-0.15, -0.1) is 0 Å². The number of benzene rings is 1. The highest BCUT2D eigenvalue weighted by atomic mass is 79.9. The third-order valence-corrected chi connectivity index (χ3v) is 5.32. The Balaban J connectivity index is 2.52. The van der Waals surface area contributed by atoms with Gasteiger partial charge in [0.2, 0.25) is 0 Å². The van der Waals surface area contributed by atoms with Crippen LogP contribution in [0.1, 0.15) is 5.56 Å². The lowest BCUT2D eigenvalue weighted by atomic mass is 9.93. The summed E-state index contributed by atoms with van der Waals surface area (Å²) in [4.78, 5) is 0. The van der Waals surface area contributed by atoms with E-state index >= 15 is 0 Å². The van der Waals surface area contributed by atoms with Crippen molar-refractivity contribution >= 4 is 25.8 Å². The fourth-order valence-corrected chi connectivity index (χ4v) is 3.14. The molecule has 0 aromatic heterocycles. The minimum Gasteiger partial charge on any atom is -0.225 e. The maximum Gasteiger partial charge on any atom is 0.279 e. The molecule has 0 bridgehead atoms. The molecule has 0 fully saturated rings. The zero-order valence-corrected chi connectivity index (χ0v) is 12.4. The van der Waals surface area contributed by atoms with Crippen LogP contribution in [0.4, 0.5) is 8.78 Å². The van der Waals surface area contributed by atoms with E-state index in [0.29, 0.717) is 11.8 Å². The summed E-state index contributed by atoms with van der Waals surface area (Å²) in [5.74, 6) is -1.33. The molecule has 0 heterocycles. The second-order valence-electron chi connectivity index (χ2n) is 4.38. The summed E-state index contributed by atoms with van der Waals surface area (Å²) < 4.78 is 49.8. The molecule has 2 atom stereocenters. The van der Waals surface area contributed by atoms with Crippen molar-refractivity contribution in [2.45, 2.75) is 9.33 Å². The van der Waals surface area contributed by atoms with Crippen LogP contribution in [0.2, 0.25) is 0 Å². The first-order valence-corrected chi connectivity index (χ1v) is 8.10. The van der Waals surface area contributed by atoms with Crippen LogP contribution in [0, 0.1) is 0 Å². The van der Waals surface area contributed by atoms with Gasteiger partial charge < -0.3 is 0 Å². The van der Waals surface area contributed by atoms with Gasteiger partial charge in [0.1, 0.15) is 0 Å². The molecule has 0 N–H and O–H groups in total. The smallest absolute Gasteiger partial charge is 0.225 e. The van der Waals surface area contributed by atoms with Crippen molar-refractivity contribution in [3.63, 3.8) is 0 Å². The SMILES string of the molecule is CS(=O)(=O)C1(F)C=CC(Br)(c2ccccc2)C=C1F. The molecular formula is C13H11BrF2O2S. The maximum atomic E-state index is 14.2. The Morgan fingerprint density at radius 2 is 1.74 bits per heavy atom. The number of hydrogen-bond acceptors (Lipinski definition) is 2. The number of allylic oxidation sites excluding steroid dienone is 2. The molecule has 0 saturated carbocycles. The molecule has 0 aliphatic heterocycles. The molecule has 2 unspecified atom stereocenters. The highest BCUT2D eigenvalue weighted by Crippen LogP contribution is 2.44. The Morgan fingerprint density at radius 1 is 1.16 bits per heavy atom. The zero-order chi connectivity index (χ0) is 14.3. The van der Waals surface area contributed by atoms with E-state index < -0.39 is 25.0 Å². The molecule has 102 valence electrons. The van der Waals surface area contributed by atoms with Crippen molar-refractivity contribution in [1.82, 2.24) is 0 Å². The molecule has 0 spiro atoms. The van der Waals surface area contributed by atoms with E-state index in [1.807, 2.05) is 0 Å². The van der Waals surface area contributed by atoms with Crippen LogP contribution in [-0.4, -0.2) is 19.7 Å². The molecule has 2 nitrogen and oxygen atoms in total. The normalized spacial score (nSPS) is 31.1. The fraction of sp³-hybridized carbons (Fsp3) is 0.231. The van der Waals surface area contributed by atoms with Crippen LogP contribution in [0.25, 0.3) is 0 Å². The van der Waals surface area contributed by atoms with Gasteiger partial charge in [-0.05, 0) is 17.7 Å². The number of hydrogen-bond donors (Lipinski definition) is 0. The second kappa shape index (κ2) is 4.52. The van der Waals surface area contributed by atoms with Crippen molar-refractivity contribution in [2.75, 3.05) is 6.26 Å². The van der Waals surface area contributed by atoms with Crippen molar-refractivity contribution in [3.8, 4) is 0 Å². The average Bonchev–Trinajstić information content (AvgIpc) is 2.34. The zero-order valence-electron chi connectivity index (χ0n) is 9.98. The monoisotopic (exact) mass is 348 g/mol. The molecule has 0 amide bonds. The van der Waals surface area contributed by atoms with Gasteiger partial charge in [0, 0.05) is 6.26 Å². The molecule has 19 heavy (non-hydrogen) atoms. The highest BCUT2D eigenvalue weighted by Gasteiger charge is 2.48. The number of alkyl halides is 2. The van der Waals surface area contributed by atoms with Crippen LogP contribution in [0.15, 0.2) is 54.4 Å². The van der Waals surface area contributed by atoms with Crippen molar-refractivity contribution in [2.24, 2.45) is 0 Å². The Bertz CT molecular complexity index is 654. The van der Waals surface area contributed by atoms with Crippen LogP contribution in [0.5, 0.6) is 0 Å². The average molecular weight is 349 g/mol. The summed E-state index contributed by atoms with van der Waals surface area (Å²) in [6, 6.07) is 8.77. The van der Waals surface area contributed by atoms with Gasteiger partial charge in [0.25, 0.3) is 5.00 Å². The summed E-state index contributed by atoms with van der Waals surface area (Å²) in [6.07, 6.45) is 3.63. The van der Waals surface area contributed by atoms with Crippen LogP contribution >= 0.6 is 15.9 Å². The minimum absolute atomic E-state index is 0.661. The Morgan fingerprint density at radius 3 is 2.21 bits per heavy atom. The van der Waals surface area contributed by atoms with Gasteiger partial charge in [-0.1, -0.05) is 52.3 Å². The van der Waals surface area contributed by atoms with E-state index in [1.165, 1.54) is 6.08 Å². The lowest BCUT2D eigenvalue weighted by Gasteiger charge is -2.29. The van der Waals surface area contributed by atoms with Gasteiger partial charge >= 0.3 is 0 Å². The number of sulfone groups is 1. The van der Waals surface area contributed by atoms with Gasteiger partial charge in [-0.25, -0.2) is 17.2 Å². The predicted octanol–water partition coefficient (Wildman–Crippen LogP) is 3.41. The van der Waals surface area contributed by atoms with Gasteiger partial charge in [0.05, 0.1) is 4.32 Å².